The molecule has 5 heteroatoms. The van der Waals surface area contributed by atoms with Crippen molar-refractivity contribution < 1.29 is 14.6 Å². The summed E-state index contributed by atoms with van der Waals surface area (Å²) in [5, 5.41) is 20.5. The van der Waals surface area contributed by atoms with Gasteiger partial charge in [0.25, 0.3) is 5.69 Å². The second kappa shape index (κ2) is 5.97. The highest BCUT2D eigenvalue weighted by molar-refractivity contribution is 5.71. The van der Waals surface area contributed by atoms with Crippen LogP contribution < -0.4 is 4.57 Å². The highest BCUT2D eigenvalue weighted by Crippen LogP contribution is 2.24. The molecule has 0 radical (unpaired) electrons. The first kappa shape index (κ1) is 13.7. The van der Waals surface area contributed by atoms with Crippen molar-refractivity contribution in [3.05, 3.63) is 64.0 Å². The van der Waals surface area contributed by atoms with Gasteiger partial charge in [0.1, 0.15) is 12.3 Å². The molecule has 0 aliphatic heterocycles. The van der Waals surface area contributed by atoms with Gasteiger partial charge < -0.3 is 5.11 Å². The molecule has 0 atom stereocenters. The van der Waals surface area contributed by atoms with Crippen LogP contribution in [0.1, 0.15) is 18.2 Å². The van der Waals surface area contributed by atoms with E-state index in [-0.39, 0.29) is 11.4 Å². The number of benzene rings is 1. The standard InChI is InChI=1S/C15H14N2O3/c1-2-16-10-4-3-5-13(16)7-6-12-11-14(17(19)20)8-9-15(12)18/h3-11H,2H2,1H3/p+1. The number of aromatic hydroxyl groups is 1. The van der Waals surface area contributed by atoms with Crippen LogP contribution in [-0.2, 0) is 6.54 Å². The lowest BCUT2D eigenvalue weighted by atomic mass is 10.1. The molecule has 1 heterocycles. The maximum atomic E-state index is 10.7. The summed E-state index contributed by atoms with van der Waals surface area (Å²) in [6.45, 7) is 2.85. The average molecular weight is 271 g/mol. The van der Waals surface area contributed by atoms with Crippen molar-refractivity contribution in [2.24, 2.45) is 0 Å². The molecule has 1 aromatic heterocycles. The quantitative estimate of drug-likeness (QED) is 0.528. The van der Waals surface area contributed by atoms with Crippen molar-refractivity contribution in [2.75, 3.05) is 0 Å². The monoisotopic (exact) mass is 271 g/mol. The number of nitrogens with zero attached hydrogens (tertiary/aromatic N) is 2. The van der Waals surface area contributed by atoms with E-state index in [1.807, 2.05) is 42.0 Å². The number of hydrogen-bond acceptors (Lipinski definition) is 3. The van der Waals surface area contributed by atoms with E-state index in [1.165, 1.54) is 18.2 Å². The zero-order chi connectivity index (χ0) is 14.5. The molecule has 0 spiro atoms. The van der Waals surface area contributed by atoms with Crippen LogP contribution in [-0.4, -0.2) is 10.0 Å². The largest absolute Gasteiger partial charge is 0.507 e. The Labute approximate surface area is 116 Å². The fourth-order valence-corrected chi connectivity index (χ4v) is 1.89. The van der Waals surface area contributed by atoms with Gasteiger partial charge in [-0.25, -0.2) is 0 Å². The summed E-state index contributed by atoms with van der Waals surface area (Å²) >= 11 is 0. The Kier molecular flexibility index (Phi) is 4.10. The van der Waals surface area contributed by atoms with Gasteiger partial charge in [-0.15, -0.1) is 0 Å². The molecule has 0 saturated heterocycles. The van der Waals surface area contributed by atoms with Gasteiger partial charge in [-0.05, 0) is 25.1 Å². The Balaban J connectivity index is 2.36. The third-order valence-corrected chi connectivity index (χ3v) is 2.97. The number of nitro benzene ring substituents is 1. The van der Waals surface area contributed by atoms with Gasteiger partial charge in [0, 0.05) is 35.9 Å². The molecule has 0 fully saturated rings. The second-order valence-electron chi connectivity index (χ2n) is 4.25. The van der Waals surface area contributed by atoms with Crippen molar-refractivity contribution in [3.8, 4) is 5.75 Å². The first-order valence-corrected chi connectivity index (χ1v) is 6.25. The van der Waals surface area contributed by atoms with Gasteiger partial charge in [0.2, 0.25) is 5.69 Å². The molecule has 2 rings (SSSR count). The van der Waals surface area contributed by atoms with Crippen LogP contribution in [0.25, 0.3) is 12.2 Å². The molecule has 1 N–H and O–H groups in total. The molecule has 0 aliphatic carbocycles. The Morgan fingerprint density at radius 1 is 1.30 bits per heavy atom. The normalized spacial score (nSPS) is 10.8. The molecule has 0 saturated carbocycles. The number of phenolic OH excluding ortho intramolecular Hbond substituents is 1. The van der Waals surface area contributed by atoms with Gasteiger partial charge >= 0.3 is 0 Å². The van der Waals surface area contributed by atoms with E-state index in [4.69, 9.17) is 0 Å². The predicted molar refractivity (Wildman–Crippen MR) is 76.0 cm³/mol. The zero-order valence-electron chi connectivity index (χ0n) is 11.1. The van der Waals surface area contributed by atoms with Gasteiger partial charge in [-0.3, -0.25) is 10.1 Å². The number of aromatic nitrogens is 1. The van der Waals surface area contributed by atoms with Crippen LogP contribution in [0.4, 0.5) is 5.69 Å². The van der Waals surface area contributed by atoms with Gasteiger partial charge in [-0.2, -0.15) is 4.57 Å². The molecule has 2 aromatic rings. The zero-order valence-corrected chi connectivity index (χ0v) is 11.1. The number of pyridine rings is 1. The molecule has 0 unspecified atom stereocenters. The number of nitro groups is 1. The van der Waals surface area contributed by atoms with Crippen LogP contribution in [0.2, 0.25) is 0 Å². The lowest BCUT2D eigenvalue weighted by Gasteiger charge is -1.99. The fraction of sp³-hybridized carbons (Fsp3) is 0.133. The number of rotatable bonds is 4. The molecule has 102 valence electrons. The highest BCUT2D eigenvalue weighted by atomic mass is 16.6. The lowest BCUT2D eigenvalue weighted by Crippen LogP contribution is -2.34. The van der Waals surface area contributed by atoms with Crippen LogP contribution in [0.3, 0.4) is 0 Å². The molecular formula is C15H15N2O3+. The predicted octanol–water partition coefficient (Wildman–Crippen LogP) is 2.78. The van der Waals surface area contributed by atoms with Crippen LogP contribution >= 0.6 is 0 Å². The molecule has 0 bridgehead atoms. The third-order valence-electron chi connectivity index (χ3n) is 2.97. The van der Waals surface area contributed by atoms with E-state index in [9.17, 15) is 15.2 Å². The van der Waals surface area contributed by atoms with Crippen LogP contribution in [0.5, 0.6) is 5.75 Å². The van der Waals surface area contributed by atoms with E-state index < -0.39 is 4.92 Å². The average Bonchev–Trinajstić information content (AvgIpc) is 2.46. The van der Waals surface area contributed by atoms with Crippen LogP contribution in [0, 0.1) is 10.1 Å². The van der Waals surface area contributed by atoms with Crippen molar-refractivity contribution >= 4 is 17.8 Å². The molecule has 1 aromatic carbocycles. The van der Waals surface area contributed by atoms with Crippen molar-refractivity contribution in [2.45, 2.75) is 13.5 Å². The summed E-state index contributed by atoms with van der Waals surface area (Å²) in [6, 6.07) is 9.75. The smallest absolute Gasteiger partial charge is 0.270 e. The van der Waals surface area contributed by atoms with Crippen molar-refractivity contribution in [1.29, 1.82) is 0 Å². The van der Waals surface area contributed by atoms with Gasteiger partial charge in [0.05, 0.1) is 4.92 Å². The summed E-state index contributed by atoms with van der Waals surface area (Å²) in [6.07, 6.45) is 5.44. The maximum Gasteiger partial charge on any atom is 0.270 e. The summed E-state index contributed by atoms with van der Waals surface area (Å²) in [5.41, 5.74) is 1.34. The molecular weight excluding hydrogens is 256 g/mol. The Hall–Kier alpha value is -2.69. The third kappa shape index (κ3) is 3.00. The lowest BCUT2D eigenvalue weighted by molar-refractivity contribution is -0.695. The summed E-state index contributed by atoms with van der Waals surface area (Å²) in [5.74, 6) is 0.0193. The number of aryl methyl sites for hydroxylation is 1. The van der Waals surface area contributed by atoms with E-state index in [2.05, 4.69) is 0 Å². The minimum Gasteiger partial charge on any atom is -0.507 e. The number of non-ortho nitro benzene ring substituents is 1. The minimum atomic E-state index is -0.481. The summed E-state index contributed by atoms with van der Waals surface area (Å²) in [7, 11) is 0. The first-order valence-electron chi connectivity index (χ1n) is 6.25. The minimum absolute atomic E-state index is 0.0193. The van der Waals surface area contributed by atoms with Gasteiger partial charge in [-0.1, -0.05) is 0 Å². The number of phenols is 1. The van der Waals surface area contributed by atoms with Crippen molar-refractivity contribution in [1.82, 2.24) is 0 Å². The Morgan fingerprint density at radius 2 is 2.10 bits per heavy atom. The highest BCUT2D eigenvalue weighted by Gasteiger charge is 2.09. The Morgan fingerprint density at radius 3 is 2.80 bits per heavy atom. The molecule has 20 heavy (non-hydrogen) atoms. The van der Waals surface area contributed by atoms with Gasteiger partial charge in [0.15, 0.2) is 6.20 Å². The SMILES string of the molecule is CC[n+]1ccccc1C=Cc1cc([N+](=O)[O-])ccc1O. The van der Waals surface area contributed by atoms with Crippen LogP contribution in [0.15, 0.2) is 42.6 Å². The van der Waals surface area contributed by atoms with E-state index in [1.54, 1.807) is 6.08 Å². The van der Waals surface area contributed by atoms with E-state index in [0.29, 0.717) is 5.56 Å². The fourth-order valence-electron chi connectivity index (χ4n) is 1.89. The molecule has 0 amide bonds. The topological polar surface area (TPSA) is 67.2 Å². The summed E-state index contributed by atoms with van der Waals surface area (Å²) in [4.78, 5) is 10.3. The Bertz CT molecular complexity index is 666. The van der Waals surface area contributed by atoms with E-state index in [0.717, 1.165) is 12.2 Å². The second-order valence-corrected chi connectivity index (χ2v) is 4.25. The molecule has 0 aliphatic rings. The first-order chi connectivity index (χ1) is 9.61. The molecule has 5 nitrogen and oxygen atoms in total. The van der Waals surface area contributed by atoms with Crippen molar-refractivity contribution in [3.63, 3.8) is 0 Å². The van der Waals surface area contributed by atoms with E-state index >= 15 is 0 Å². The number of hydrogen-bond donors (Lipinski definition) is 1. The summed E-state index contributed by atoms with van der Waals surface area (Å²) < 4.78 is 2.03. The maximum absolute atomic E-state index is 10.7.